The predicted octanol–water partition coefficient (Wildman–Crippen LogP) is 3.92. The fourth-order valence-corrected chi connectivity index (χ4v) is 3.85. The number of piperidine rings is 1. The lowest BCUT2D eigenvalue weighted by Crippen LogP contribution is -2.37. The molecule has 0 saturated carbocycles. The first-order chi connectivity index (χ1) is 13.2. The number of para-hydroxylation sites is 1. The molecule has 1 aliphatic heterocycles. The zero-order chi connectivity index (χ0) is 18.8. The SMILES string of the molecule is COc1cccc2cc(C(=O)N3CCC(c4cccc(CN)c4)CC3)oc12. The molecule has 4 rings (SSSR count). The van der Waals surface area contributed by atoms with Gasteiger partial charge < -0.3 is 19.8 Å². The van der Waals surface area contributed by atoms with Crippen LogP contribution < -0.4 is 10.5 Å². The normalized spacial score (nSPS) is 15.3. The van der Waals surface area contributed by atoms with Crippen molar-refractivity contribution < 1.29 is 13.9 Å². The molecule has 0 atom stereocenters. The van der Waals surface area contributed by atoms with Gasteiger partial charge in [0.25, 0.3) is 5.91 Å². The van der Waals surface area contributed by atoms with Crippen LogP contribution in [-0.2, 0) is 6.54 Å². The molecular formula is C22H24N2O3. The van der Waals surface area contributed by atoms with Gasteiger partial charge in [0.15, 0.2) is 17.1 Å². The third-order valence-corrected chi connectivity index (χ3v) is 5.38. The summed E-state index contributed by atoms with van der Waals surface area (Å²) in [6.07, 6.45) is 1.90. The number of hydrogen-bond donors (Lipinski definition) is 1. The first-order valence-electron chi connectivity index (χ1n) is 9.34. The molecule has 1 saturated heterocycles. The molecule has 1 fully saturated rings. The van der Waals surface area contributed by atoms with Gasteiger partial charge in [-0.15, -0.1) is 0 Å². The third-order valence-electron chi connectivity index (χ3n) is 5.38. The fraction of sp³-hybridized carbons (Fsp3) is 0.318. The number of carbonyl (C=O) groups is 1. The second kappa shape index (κ2) is 7.45. The summed E-state index contributed by atoms with van der Waals surface area (Å²) in [7, 11) is 1.60. The van der Waals surface area contributed by atoms with Gasteiger partial charge in [-0.05, 0) is 42.0 Å². The first-order valence-corrected chi connectivity index (χ1v) is 9.34. The molecule has 0 unspecified atom stereocenters. The molecule has 0 radical (unpaired) electrons. The highest BCUT2D eigenvalue weighted by molar-refractivity contribution is 5.97. The average Bonchev–Trinajstić information content (AvgIpc) is 3.18. The Hall–Kier alpha value is -2.79. The Morgan fingerprint density at radius 1 is 1.19 bits per heavy atom. The Balaban J connectivity index is 1.47. The van der Waals surface area contributed by atoms with Crippen molar-refractivity contribution in [2.75, 3.05) is 20.2 Å². The van der Waals surface area contributed by atoms with Crippen LogP contribution in [0.2, 0.25) is 0 Å². The van der Waals surface area contributed by atoms with Gasteiger partial charge in [0, 0.05) is 25.0 Å². The van der Waals surface area contributed by atoms with Crippen LogP contribution in [0.15, 0.2) is 52.9 Å². The van der Waals surface area contributed by atoms with E-state index in [0.717, 1.165) is 36.9 Å². The molecule has 1 amide bonds. The molecule has 3 aromatic rings. The molecule has 0 aliphatic carbocycles. The molecule has 1 aliphatic rings. The first kappa shape index (κ1) is 17.6. The number of nitrogens with two attached hydrogens (primary N) is 1. The van der Waals surface area contributed by atoms with Crippen LogP contribution in [-0.4, -0.2) is 31.0 Å². The van der Waals surface area contributed by atoms with E-state index in [1.54, 1.807) is 13.2 Å². The van der Waals surface area contributed by atoms with Crippen LogP contribution in [0.5, 0.6) is 5.75 Å². The van der Waals surface area contributed by atoms with Crippen LogP contribution in [0.1, 0.15) is 40.4 Å². The van der Waals surface area contributed by atoms with Crippen LogP contribution in [0.25, 0.3) is 11.0 Å². The maximum Gasteiger partial charge on any atom is 0.289 e. The highest BCUT2D eigenvalue weighted by Crippen LogP contribution is 2.32. The number of ether oxygens (including phenoxy) is 1. The maximum atomic E-state index is 12.9. The minimum absolute atomic E-state index is 0.0533. The number of nitrogens with zero attached hydrogens (tertiary/aromatic N) is 1. The van der Waals surface area contributed by atoms with E-state index in [0.29, 0.717) is 29.6 Å². The highest BCUT2D eigenvalue weighted by atomic mass is 16.5. The lowest BCUT2D eigenvalue weighted by atomic mass is 9.88. The lowest BCUT2D eigenvalue weighted by molar-refractivity contribution is 0.0683. The van der Waals surface area contributed by atoms with Crippen LogP contribution >= 0.6 is 0 Å². The maximum absolute atomic E-state index is 12.9. The van der Waals surface area contributed by atoms with Gasteiger partial charge in [0.1, 0.15) is 0 Å². The lowest BCUT2D eigenvalue weighted by Gasteiger charge is -2.31. The summed E-state index contributed by atoms with van der Waals surface area (Å²) in [4.78, 5) is 14.8. The van der Waals surface area contributed by atoms with E-state index in [2.05, 4.69) is 24.3 Å². The summed E-state index contributed by atoms with van der Waals surface area (Å²) in [6, 6.07) is 15.9. The fourth-order valence-electron chi connectivity index (χ4n) is 3.85. The van der Waals surface area contributed by atoms with Crippen molar-refractivity contribution in [1.29, 1.82) is 0 Å². The number of hydrogen-bond acceptors (Lipinski definition) is 4. The summed E-state index contributed by atoms with van der Waals surface area (Å²) in [5.74, 6) is 1.43. The second-order valence-corrected chi connectivity index (χ2v) is 7.00. The van der Waals surface area contributed by atoms with E-state index in [9.17, 15) is 4.79 Å². The van der Waals surface area contributed by atoms with Gasteiger partial charge in [0.2, 0.25) is 0 Å². The number of amides is 1. The Kier molecular flexibility index (Phi) is 4.86. The quantitative estimate of drug-likeness (QED) is 0.762. The molecular weight excluding hydrogens is 340 g/mol. The predicted molar refractivity (Wildman–Crippen MR) is 105 cm³/mol. The van der Waals surface area contributed by atoms with Crippen molar-refractivity contribution in [2.24, 2.45) is 5.73 Å². The summed E-state index contributed by atoms with van der Waals surface area (Å²) in [5.41, 5.74) is 8.85. The number of benzene rings is 2. The molecule has 1 aromatic heterocycles. The van der Waals surface area contributed by atoms with E-state index < -0.39 is 0 Å². The largest absolute Gasteiger partial charge is 0.493 e. The van der Waals surface area contributed by atoms with Gasteiger partial charge in [-0.3, -0.25) is 4.79 Å². The monoisotopic (exact) mass is 364 g/mol. The standard InChI is InChI=1S/C22H24N2O3/c1-26-19-7-3-6-18-13-20(27-21(18)19)22(25)24-10-8-16(9-11-24)17-5-2-4-15(12-17)14-23/h2-7,12-13,16H,8-11,14,23H2,1H3. The number of fused-ring (bicyclic) bond motifs is 1. The van der Waals surface area contributed by atoms with Crippen molar-refractivity contribution in [3.05, 3.63) is 65.4 Å². The third kappa shape index (κ3) is 3.43. The van der Waals surface area contributed by atoms with Crippen molar-refractivity contribution in [3.63, 3.8) is 0 Å². The number of furan rings is 1. The van der Waals surface area contributed by atoms with E-state index in [1.165, 1.54) is 5.56 Å². The number of carbonyl (C=O) groups excluding carboxylic acids is 1. The van der Waals surface area contributed by atoms with Gasteiger partial charge in [-0.1, -0.05) is 36.4 Å². The summed E-state index contributed by atoms with van der Waals surface area (Å²) in [6.45, 7) is 2.01. The molecule has 5 nitrogen and oxygen atoms in total. The van der Waals surface area contributed by atoms with Crippen molar-refractivity contribution in [3.8, 4) is 5.75 Å². The second-order valence-electron chi connectivity index (χ2n) is 7.00. The van der Waals surface area contributed by atoms with Crippen molar-refractivity contribution >= 4 is 16.9 Å². The Labute approximate surface area is 158 Å². The van der Waals surface area contributed by atoms with E-state index in [-0.39, 0.29) is 5.91 Å². The molecule has 5 heteroatoms. The van der Waals surface area contributed by atoms with E-state index >= 15 is 0 Å². The van der Waals surface area contributed by atoms with Crippen LogP contribution in [0.4, 0.5) is 0 Å². The van der Waals surface area contributed by atoms with Crippen LogP contribution in [0, 0.1) is 0 Å². The van der Waals surface area contributed by atoms with Gasteiger partial charge >= 0.3 is 0 Å². The number of likely N-dealkylation sites (tertiary alicyclic amines) is 1. The highest BCUT2D eigenvalue weighted by Gasteiger charge is 2.27. The molecule has 2 aromatic carbocycles. The molecule has 2 heterocycles. The van der Waals surface area contributed by atoms with Gasteiger partial charge in [-0.25, -0.2) is 0 Å². The molecule has 140 valence electrons. The number of rotatable bonds is 4. The van der Waals surface area contributed by atoms with E-state index in [4.69, 9.17) is 14.9 Å². The van der Waals surface area contributed by atoms with Crippen molar-refractivity contribution in [1.82, 2.24) is 4.90 Å². The Morgan fingerprint density at radius 2 is 1.96 bits per heavy atom. The minimum Gasteiger partial charge on any atom is -0.493 e. The summed E-state index contributed by atoms with van der Waals surface area (Å²) >= 11 is 0. The Morgan fingerprint density at radius 3 is 2.70 bits per heavy atom. The molecule has 2 N–H and O–H groups in total. The molecule has 0 bridgehead atoms. The van der Waals surface area contributed by atoms with Gasteiger partial charge in [-0.2, -0.15) is 0 Å². The minimum atomic E-state index is -0.0533. The Bertz CT molecular complexity index is 955. The summed E-state index contributed by atoms with van der Waals surface area (Å²) < 4.78 is 11.1. The van der Waals surface area contributed by atoms with Crippen LogP contribution in [0.3, 0.4) is 0 Å². The van der Waals surface area contributed by atoms with Gasteiger partial charge in [0.05, 0.1) is 7.11 Å². The average molecular weight is 364 g/mol. The zero-order valence-corrected chi connectivity index (χ0v) is 15.5. The smallest absolute Gasteiger partial charge is 0.289 e. The zero-order valence-electron chi connectivity index (χ0n) is 15.5. The van der Waals surface area contributed by atoms with Crippen molar-refractivity contribution in [2.45, 2.75) is 25.3 Å². The number of methoxy groups -OCH3 is 1. The topological polar surface area (TPSA) is 68.7 Å². The van der Waals surface area contributed by atoms with E-state index in [1.807, 2.05) is 23.1 Å². The summed E-state index contributed by atoms with van der Waals surface area (Å²) in [5, 5.41) is 0.881. The molecule has 27 heavy (non-hydrogen) atoms. The molecule has 0 spiro atoms.